The standard InChI is InChI=1S/C14H17BrF3NO/c1-3-13(2,8-9-15)19-12(20)10-6-4-5-7-11(10)14(16,17)18/h4-7H,3,8-9H2,1-2H3,(H,19,20). The summed E-state index contributed by atoms with van der Waals surface area (Å²) >= 11 is 3.29. The van der Waals surface area contributed by atoms with Crippen LogP contribution in [0.15, 0.2) is 24.3 Å². The molecule has 1 aromatic rings. The van der Waals surface area contributed by atoms with Gasteiger partial charge in [0, 0.05) is 10.9 Å². The van der Waals surface area contributed by atoms with Crippen LogP contribution in [0.5, 0.6) is 0 Å². The maximum atomic E-state index is 12.9. The van der Waals surface area contributed by atoms with Gasteiger partial charge in [-0.1, -0.05) is 35.0 Å². The van der Waals surface area contributed by atoms with Crippen LogP contribution in [-0.2, 0) is 6.18 Å². The van der Waals surface area contributed by atoms with Crippen LogP contribution in [0.3, 0.4) is 0 Å². The van der Waals surface area contributed by atoms with Crippen molar-refractivity contribution in [3.05, 3.63) is 35.4 Å². The maximum Gasteiger partial charge on any atom is 0.417 e. The number of benzene rings is 1. The van der Waals surface area contributed by atoms with E-state index in [2.05, 4.69) is 21.2 Å². The zero-order valence-corrected chi connectivity index (χ0v) is 12.9. The minimum absolute atomic E-state index is 0.339. The molecule has 1 rings (SSSR count). The summed E-state index contributed by atoms with van der Waals surface area (Å²) in [7, 11) is 0. The van der Waals surface area contributed by atoms with Crippen molar-refractivity contribution in [1.29, 1.82) is 0 Å². The van der Waals surface area contributed by atoms with Gasteiger partial charge in [0.15, 0.2) is 0 Å². The number of carbonyl (C=O) groups is 1. The molecule has 0 spiro atoms. The molecular weight excluding hydrogens is 335 g/mol. The Kier molecular flexibility index (Phi) is 5.62. The van der Waals surface area contributed by atoms with E-state index in [-0.39, 0.29) is 5.56 Å². The highest BCUT2D eigenvalue weighted by molar-refractivity contribution is 9.09. The van der Waals surface area contributed by atoms with E-state index in [0.717, 1.165) is 6.07 Å². The zero-order valence-electron chi connectivity index (χ0n) is 11.4. The molecule has 0 aliphatic carbocycles. The second kappa shape index (κ2) is 6.61. The summed E-state index contributed by atoms with van der Waals surface area (Å²) in [6.07, 6.45) is -3.26. The number of hydrogen-bond donors (Lipinski definition) is 1. The largest absolute Gasteiger partial charge is 0.417 e. The molecular formula is C14H17BrF3NO. The third-order valence-corrected chi connectivity index (χ3v) is 3.72. The molecule has 20 heavy (non-hydrogen) atoms. The zero-order chi connectivity index (χ0) is 15.4. The Hall–Kier alpha value is -1.04. The first kappa shape index (κ1) is 17.0. The van der Waals surface area contributed by atoms with Crippen LogP contribution < -0.4 is 5.32 Å². The van der Waals surface area contributed by atoms with E-state index in [4.69, 9.17) is 0 Å². The molecule has 2 nitrogen and oxygen atoms in total. The molecule has 0 fully saturated rings. The molecule has 1 atom stereocenters. The van der Waals surface area contributed by atoms with Crippen LogP contribution in [0.4, 0.5) is 13.2 Å². The monoisotopic (exact) mass is 351 g/mol. The topological polar surface area (TPSA) is 29.1 Å². The normalized spacial score (nSPS) is 14.7. The molecule has 0 bridgehead atoms. The van der Waals surface area contributed by atoms with Crippen molar-refractivity contribution in [3.63, 3.8) is 0 Å². The van der Waals surface area contributed by atoms with Gasteiger partial charge in [0.2, 0.25) is 0 Å². The summed E-state index contributed by atoms with van der Waals surface area (Å²) in [6.45, 7) is 3.71. The number of alkyl halides is 4. The van der Waals surface area contributed by atoms with Gasteiger partial charge in [0.05, 0.1) is 11.1 Å². The van der Waals surface area contributed by atoms with Crippen LogP contribution >= 0.6 is 15.9 Å². The smallest absolute Gasteiger partial charge is 0.347 e. The second-order valence-electron chi connectivity index (χ2n) is 4.85. The van der Waals surface area contributed by atoms with Gasteiger partial charge in [-0.2, -0.15) is 13.2 Å². The first-order valence-corrected chi connectivity index (χ1v) is 7.40. The molecule has 0 saturated heterocycles. The van der Waals surface area contributed by atoms with Crippen molar-refractivity contribution >= 4 is 21.8 Å². The van der Waals surface area contributed by atoms with Gasteiger partial charge in [0.25, 0.3) is 5.91 Å². The van der Waals surface area contributed by atoms with Gasteiger partial charge in [-0.3, -0.25) is 4.79 Å². The van der Waals surface area contributed by atoms with Crippen LogP contribution in [0.1, 0.15) is 42.6 Å². The van der Waals surface area contributed by atoms with Crippen molar-refractivity contribution in [1.82, 2.24) is 5.32 Å². The molecule has 0 saturated carbocycles. The predicted octanol–water partition coefficient (Wildman–Crippen LogP) is 4.39. The Morgan fingerprint density at radius 2 is 1.90 bits per heavy atom. The molecule has 0 aliphatic rings. The van der Waals surface area contributed by atoms with Gasteiger partial charge in [-0.05, 0) is 31.9 Å². The lowest BCUT2D eigenvalue weighted by atomic mass is 9.94. The summed E-state index contributed by atoms with van der Waals surface area (Å²) in [5.74, 6) is -0.691. The van der Waals surface area contributed by atoms with Gasteiger partial charge >= 0.3 is 6.18 Å². The van der Waals surface area contributed by atoms with E-state index in [1.807, 2.05) is 13.8 Å². The molecule has 0 heterocycles. The Morgan fingerprint density at radius 3 is 2.40 bits per heavy atom. The Labute approximate surface area is 124 Å². The second-order valence-corrected chi connectivity index (χ2v) is 5.64. The fraction of sp³-hybridized carbons (Fsp3) is 0.500. The molecule has 1 unspecified atom stereocenters. The van der Waals surface area contributed by atoms with Crippen molar-refractivity contribution < 1.29 is 18.0 Å². The molecule has 1 amide bonds. The highest BCUT2D eigenvalue weighted by Gasteiger charge is 2.36. The van der Waals surface area contributed by atoms with E-state index in [1.54, 1.807) is 0 Å². The van der Waals surface area contributed by atoms with Crippen LogP contribution in [-0.4, -0.2) is 16.8 Å². The average molecular weight is 352 g/mol. The molecule has 0 aliphatic heterocycles. The highest BCUT2D eigenvalue weighted by Crippen LogP contribution is 2.32. The van der Waals surface area contributed by atoms with Gasteiger partial charge in [-0.15, -0.1) is 0 Å². The number of carbonyl (C=O) groups excluding carboxylic acids is 1. The van der Waals surface area contributed by atoms with E-state index in [9.17, 15) is 18.0 Å². The van der Waals surface area contributed by atoms with Gasteiger partial charge in [0.1, 0.15) is 0 Å². The van der Waals surface area contributed by atoms with Crippen molar-refractivity contribution in [2.45, 2.75) is 38.4 Å². The lowest BCUT2D eigenvalue weighted by molar-refractivity contribution is -0.137. The van der Waals surface area contributed by atoms with Crippen molar-refractivity contribution in [3.8, 4) is 0 Å². The van der Waals surface area contributed by atoms with Crippen molar-refractivity contribution in [2.24, 2.45) is 0 Å². The number of hydrogen-bond acceptors (Lipinski definition) is 1. The Morgan fingerprint density at radius 1 is 1.30 bits per heavy atom. The number of rotatable bonds is 5. The molecule has 6 heteroatoms. The van der Waals surface area contributed by atoms with E-state index in [0.29, 0.717) is 18.2 Å². The third kappa shape index (κ3) is 4.23. The van der Waals surface area contributed by atoms with Crippen LogP contribution in [0.25, 0.3) is 0 Å². The summed E-state index contributed by atoms with van der Waals surface area (Å²) in [6, 6.07) is 4.82. The minimum atomic E-state index is -4.54. The Balaban J connectivity index is 3.05. The highest BCUT2D eigenvalue weighted by atomic mass is 79.9. The summed E-state index contributed by atoms with van der Waals surface area (Å²) in [5.41, 5.74) is -1.77. The first-order chi connectivity index (χ1) is 9.23. The maximum absolute atomic E-state index is 12.9. The summed E-state index contributed by atoms with van der Waals surface area (Å²) < 4.78 is 38.7. The fourth-order valence-electron chi connectivity index (χ4n) is 1.81. The van der Waals surface area contributed by atoms with E-state index >= 15 is 0 Å². The van der Waals surface area contributed by atoms with Crippen molar-refractivity contribution in [2.75, 3.05) is 5.33 Å². The molecule has 0 aromatic heterocycles. The lowest BCUT2D eigenvalue weighted by Gasteiger charge is -2.29. The Bertz CT molecular complexity index is 476. The lowest BCUT2D eigenvalue weighted by Crippen LogP contribution is -2.46. The molecule has 1 N–H and O–H groups in total. The SMILES string of the molecule is CCC(C)(CCBr)NC(=O)c1ccccc1C(F)(F)F. The van der Waals surface area contributed by atoms with E-state index < -0.39 is 23.2 Å². The molecule has 0 radical (unpaired) electrons. The summed E-state index contributed by atoms with van der Waals surface area (Å²) in [4.78, 5) is 12.1. The van der Waals surface area contributed by atoms with Crippen LogP contribution in [0, 0.1) is 0 Å². The van der Waals surface area contributed by atoms with E-state index in [1.165, 1.54) is 18.2 Å². The van der Waals surface area contributed by atoms with Crippen LogP contribution in [0.2, 0.25) is 0 Å². The third-order valence-electron chi connectivity index (χ3n) is 3.32. The fourth-order valence-corrected chi connectivity index (χ4v) is 2.68. The predicted molar refractivity (Wildman–Crippen MR) is 76.0 cm³/mol. The quantitative estimate of drug-likeness (QED) is 0.783. The average Bonchev–Trinajstić information content (AvgIpc) is 2.38. The summed E-state index contributed by atoms with van der Waals surface area (Å²) in [5, 5.41) is 3.37. The first-order valence-electron chi connectivity index (χ1n) is 6.28. The molecule has 112 valence electrons. The number of halogens is 4. The van der Waals surface area contributed by atoms with Gasteiger partial charge < -0.3 is 5.32 Å². The minimum Gasteiger partial charge on any atom is -0.347 e. The number of nitrogens with one attached hydrogen (secondary N) is 1. The van der Waals surface area contributed by atoms with Gasteiger partial charge in [-0.25, -0.2) is 0 Å². The number of amides is 1. The molecule has 1 aromatic carbocycles.